The van der Waals surface area contributed by atoms with Gasteiger partial charge in [0.1, 0.15) is 29.3 Å². The number of nitrogens with zero attached hydrogens (tertiary/aromatic N) is 1. The molecule has 7 nitrogen and oxygen atoms in total. The minimum absolute atomic E-state index is 0.0350. The lowest BCUT2D eigenvalue weighted by molar-refractivity contribution is 0.0305. The first-order valence-corrected chi connectivity index (χ1v) is 8.57. The van der Waals surface area contributed by atoms with Gasteiger partial charge in [-0.05, 0) is 24.1 Å². The van der Waals surface area contributed by atoms with Crippen LogP contribution in [0.3, 0.4) is 0 Å². The van der Waals surface area contributed by atoms with Crippen LogP contribution in [-0.4, -0.2) is 34.5 Å². The largest absolute Gasteiger partial charge is 0.507 e. The number of hydrogen-bond acceptors (Lipinski definition) is 7. The molecule has 0 aliphatic carbocycles. The molecular formula is C18H18ClNO6. The van der Waals surface area contributed by atoms with Crippen LogP contribution in [0, 0.1) is 4.91 Å². The molecule has 2 N–H and O–H groups in total. The number of ether oxygens (including phenoxy) is 2. The number of phenols is 2. The van der Waals surface area contributed by atoms with Crippen molar-refractivity contribution in [3.63, 3.8) is 0 Å². The molecule has 0 spiro atoms. The maximum absolute atomic E-state index is 12.6. The van der Waals surface area contributed by atoms with Gasteiger partial charge in [-0.15, -0.1) is 4.91 Å². The number of nitroso groups, excluding NO2 is 1. The second-order valence-electron chi connectivity index (χ2n) is 6.30. The van der Waals surface area contributed by atoms with Crippen molar-refractivity contribution in [1.29, 1.82) is 0 Å². The van der Waals surface area contributed by atoms with E-state index >= 15 is 0 Å². The number of aromatic hydroxyl groups is 2. The Morgan fingerprint density at radius 2 is 2.08 bits per heavy atom. The molecule has 1 fully saturated rings. The number of phenolic OH excluding ortho intramolecular Hbond substituents is 2. The van der Waals surface area contributed by atoms with E-state index in [2.05, 4.69) is 5.18 Å². The van der Waals surface area contributed by atoms with Gasteiger partial charge in [-0.3, -0.25) is 0 Å². The predicted molar refractivity (Wildman–Crippen MR) is 94.3 cm³/mol. The maximum atomic E-state index is 12.6. The minimum atomic E-state index is -0.790. The molecule has 3 atom stereocenters. The van der Waals surface area contributed by atoms with Crippen LogP contribution in [0.25, 0.3) is 0 Å². The number of hydrogen-bond donors (Lipinski definition) is 2. The molecule has 3 rings (SSSR count). The van der Waals surface area contributed by atoms with Crippen molar-refractivity contribution in [2.75, 3.05) is 0 Å². The Kier molecular flexibility index (Phi) is 5.29. The van der Waals surface area contributed by atoms with Gasteiger partial charge in [0, 0.05) is 18.9 Å². The van der Waals surface area contributed by atoms with E-state index in [9.17, 15) is 19.9 Å². The summed E-state index contributed by atoms with van der Waals surface area (Å²) in [6, 6.07) is 0.969. The number of cyclic esters (lactones) is 1. The van der Waals surface area contributed by atoms with Crippen LogP contribution >= 0.6 is 11.6 Å². The summed E-state index contributed by atoms with van der Waals surface area (Å²) in [6.07, 6.45) is 5.65. The Morgan fingerprint density at radius 3 is 2.81 bits per heavy atom. The third kappa shape index (κ3) is 3.89. The van der Waals surface area contributed by atoms with Gasteiger partial charge in [-0.1, -0.05) is 29.8 Å². The number of fused-ring (bicyclic) bond motifs is 2. The summed E-state index contributed by atoms with van der Waals surface area (Å²) in [5.41, 5.74) is 0.0258. The highest BCUT2D eigenvalue weighted by molar-refractivity contribution is 6.33. The molecule has 1 saturated heterocycles. The lowest BCUT2D eigenvalue weighted by atomic mass is 10.00. The number of rotatable bonds is 1. The van der Waals surface area contributed by atoms with E-state index in [0.29, 0.717) is 12.8 Å². The molecule has 1 aromatic carbocycles. The van der Waals surface area contributed by atoms with Gasteiger partial charge in [0.25, 0.3) is 0 Å². The van der Waals surface area contributed by atoms with Crippen molar-refractivity contribution >= 4 is 17.6 Å². The number of halogens is 1. The third-order valence-corrected chi connectivity index (χ3v) is 4.73. The highest BCUT2D eigenvalue weighted by Gasteiger charge is 2.38. The monoisotopic (exact) mass is 379 g/mol. The van der Waals surface area contributed by atoms with E-state index < -0.39 is 23.6 Å². The second-order valence-corrected chi connectivity index (χ2v) is 6.68. The van der Waals surface area contributed by atoms with E-state index in [-0.39, 0.29) is 40.5 Å². The van der Waals surface area contributed by atoms with Gasteiger partial charge in [0.05, 0.1) is 16.8 Å². The Balaban J connectivity index is 2.04. The van der Waals surface area contributed by atoms with E-state index in [1.165, 1.54) is 0 Å². The number of benzene rings is 1. The predicted octanol–water partition coefficient (Wildman–Crippen LogP) is 3.61. The summed E-state index contributed by atoms with van der Waals surface area (Å²) >= 11 is 6.11. The van der Waals surface area contributed by atoms with E-state index in [4.69, 9.17) is 21.1 Å². The third-order valence-electron chi connectivity index (χ3n) is 4.31. The van der Waals surface area contributed by atoms with Crippen molar-refractivity contribution in [3.05, 3.63) is 51.0 Å². The summed E-state index contributed by atoms with van der Waals surface area (Å²) in [7, 11) is 0. The Hall–Kier alpha value is -2.38. The number of epoxide rings is 1. The molecule has 2 heterocycles. The highest BCUT2D eigenvalue weighted by atomic mass is 35.5. The van der Waals surface area contributed by atoms with Crippen LogP contribution in [0.2, 0.25) is 5.02 Å². The van der Waals surface area contributed by atoms with Crippen LogP contribution in [0.5, 0.6) is 11.5 Å². The SMILES string of the molecule is C[C@@H]1C[C@H]2O[C@@H]2C=CCC=C(N=O)Cc2c(Cl)c(O)cc(O)c2C(=O)O1. The average molecular weight is 380 g/mol. The molecule has 2 aliphatic rings. The first-order chi connectivity index (χ1) is 12.4. The molecule has 0 radical (unpaired) electrons. The zero-order chi connectivity index (χ0) is 18.8. The van der Waals surface area contributed by atoms with Crippen LogP contribution < -0.4 is 0 Å². The fraction of sp³-hybridized carbons (Fsp3) is 0.389. The fourth-order valence-electron chi connectivity index (χ4n) is 2.95. The number of carbonyl (C=O) groups is 1. The Bertz CT molecular complexity index is 803. The van der Waals surface area contributed by atoms with E-state index in [1.54, 1.807) is 13.0 Å². The summed E-state index contributed by atoms with van der Waals surface area (Å²) in [5, 5.41) is 22.8. The van der Waals surface area contributed by atoms with Crippen LogP contribution in [0.1, 0.15) is 35.7 Å². The van der Waals surface area contributed by atoms with Crippen molar-refractivity contribution < 1.29 is 24.5 Å². The molecule has 0 aromatic heterocycles. The molecule has 0 saturated carbocycles. The molecule has 2 aliphatic heterocycles. The van der Waals surface area contributed by atoms with Crippen molar-refractivity contribution in [3.8, 4) is 11.5 Å². The summed E-state index contributed by atoms with van der Waals surface area (Å²) in [6.45, 7) is 1.73. The molecular weight excluding hydrogens is 362 g/mol. The molecule has 26 heavy (non-hydrogen) atoms. The zero-order valence-corrected chi connectivity index (χ0v) is 14.8. The van der Waals surface area contributed by atoms with Gasteiger partial charge >= 0.3 is 5.97 Å². The maximum Gasteiger partial charge on any atom is 0.342 e. The lowest BCUT2D eigenvalue weighted by Crippen LogP contribution is -2.19. The van der Waals surface area contributed by atoms with Crippen LogP contribution in [0.4, 0.5) is 0 Å². The van der Waals surface area contributed by atoms with Gasteiger partial charge in [0.15, 0.2) is 0 Å². The zero-order valence-electron chi connectivity index (χ0n) is 14.0. The van der Waals surface area contributed by atoms with E-state index in [1.807, 2.05) is 12.2 Å². The molecule has 1 aromatic rings. The van der Waals surface area contributed by atoms with Crippen molar-refractivity contribution in [2.24, 2.45) is 5.18 Å². The second kappa shape index (κ2) is 7.47. The number of allylic oxidation sites excluding steroid dienone is 3. The first kappa shape index (κ1) is 18.4. The van der Waals surface area contributed by atoms with Crippen molar-refractivity contribution in [1.82, 2.24) is 0 Å². The smallest absolute Gasteiger partial charge is 0.342 e. The number of esters is 1. The highest BCUT2D eigenvalue weighted by Crippen LogP contribution is 2.38. The molecule has 0 bridgehead atoms. The first-order valence-electron chi connectivity index (χ1n) is 8.19. The number of carbonyl (C=O) groups excluding carboxylic acids is 1. The summed E-state index contributed by atoms with van der Waals surface area (Å²) < 4.78 is 10.9. The average Bonchev–Trinajstić information content (AvgIpc) is 3.31. The molecule has 0 unspecified atom stereocenters. The fourth-order valence-corrected chi connectivity index (χ4v) is 3.17. The minimum Gasteiger partial charge on any atom is -0.507 e. The van der Waals surface area contributed by atoms with Gasteiger partial charge < -0.3 is 19.7 Å². The Labute approximate surface area is 154 Å². The quantitative estimate of drug-likeness (QED) is 0.334. The van der Waals surface area contributed by atoms with Crippen LogP contribution in [0.15, 0.2) is 35.2 Å². The molecule has 8 heteroatoms. The summed E-state index contributed by atoms with van der Waals surface area (Å²) in [5.74, 6) is -1.66. The van der Waals surface area contributed by atoms with Crippen molar-refractivity contribution in [2.45, 2.75) is 44.5 Å². The molecule has 138 valence electrons. The van der Waals surface area contributed by atoms with Gasteiger partial charge in [-0.25, -0.2) is 4.79 Å². The van der Waals surface area contributed by atoms with Crippen LogP contribution in [-0.2, 0) is 15.9 Å². The van der Waals surface area contributed by atoms with Gasteiger partial charge in [-0.2, -0.15) is 0 Å². The Morgan fingerprint density at radius 1 is 1.31 bits per heavy atom. The van der Waals surface area contributed by atoms with E-state index in [0.717, 1.165) is 6.07 Å². The van der Waals surface area contributed by atoms with Gasteiger partial charge in [0.2, 0.25) is 0 Å². The summed E-state index contributed by atoms with van der Waals surface area (Å²) in [4.78, 5) is 23.7. The standard InChI is InChI=1S/C18H18ClNO6/c1-9-6-15-14(26-15)5-3-2-4-10(20-24)7-11-16(18(23)25-9)12(21)8-13(22)17(11)19/h3-5,8-9,14-15,21-22H,2,6-7H2,1H3/t9-,14-,15-/m1/s1. The molecule has 0 amide bonds. The topological polar surface area (TPSA) is 109 Å². The normalized spacial score (nSPS) is 26.0. The lowest BCUT2D eigenvalue weighted by Gasteiger charge is -2.17.